The molecule has 0 saturated heterocycles. The van der Waals surface area contributed by atoms with Crippen molar-refractivity contribution in [2.45, 2.75) is 38.3 Å². The fourth-order valence-corrected chi connectivity index (χ4v) is 4.87. The zero-order valence-electron chi connectivity index (χ0n) is 16.0. The van der Waals surface area contributed by atoms with E-state index in [4.69, 9.17) is 21.3 Å². The summed E-state index contributed by atoms with van der Waals surface area (Å²) in [4.78, 5) is 11.0. The van der Waals surface area contributed by atoms with E-state index in [1.54, 1.807) is 7.11 Å². The first-order valence-corrected chi connectivity index (χ1v) is 10.3. The second kappa shape index (κ2) is 7.26. The Hall–Kier alpha value is -2.30. The van der Waals surface area contributed by atoms with E-state index in [0.29, 0.717) is 6.04 Å². The summed E-state index contributed by atoms with van der Waals surface area (Å²) in [6.45, 7) is 1.97. The van der Waals surface area contributed by atoms with Crippen molar-refractivity contribution in [2.24, 2.45) is 0 Å². The minimum Gasteiger partial charge on any atom is -0.496 e. The number of H-pyrrole nitrogens is 1. The van der Waals surface area contributed by atoms with Crippen molar-refractivity contribution in [2.75, 3.05) is 13.7 Å². The Labute approximate surface area is 170 Å². The van der Waals surface area contributed by atoms with Gasteiger partial charge in [0, 0.05) is 31.1 Å². The predicted molar refractivity (Wildman–Crippen MR) is 112 cm³/mol. The molecule has 1 aromatic heterocycles. The van der Waals surface area contributed by atoms with Gasteiger partial charge in [-0.15, -0.1) is 0 Å². The number of methoxy groups -OCH3 is 1. The molecule has 1 aliphatic carbocycles. The van der Waals surface area contributed by atoms with Crippen LogP contribution in [0.3, 0.4) is 0 Å². The van der Waals surface area contributed by atoms with Crippen LogP contribution in [0.2, 0.25) is 5.02 Å². The first kappa shape index (κ1) is 17.8. The molecule has 5 heteroatoms. The van der Waals surface area contributed by atoms with Crippen LogP contribution in [0.5, 0.6) is 5.75 Å². The SMILES string of the molecule is COc1cccc2c1CC(N1CCc3nc(-c4ccccc4Cl)[nH]c3C1)CC2. The Morgan fingerprint density at radius 3 is 2.89 bits per heavy atom. The monoisotopic (exact) mass is 393 g/mol. The smallest absolute Gasteiger partial charge is 0.139 e. The minimum absolute atomic E-state index is 0.545. The van der Waals surface area contributed by atoms with Gasteiger partial charge in [-0.3, -0.25) is 4.90 Å². The molecule has 2 aliphatic rings. The summed E-state index contributed by atoms with van der Waals surface area (Å²) in [6, 6.07) is 14.9. The van der Waals surface area contributed by atoms with Crippen LogP contribution in [-0.2, 0) is 25.8 Å². The average Bonchev–Trinajstić information content (AvgIpc) is 3.16. The fourth-order valence-electron chi connectivity index (χ4n) is 4.65. The highest BCUT2D eigenvalue weighted by molar-refractivity contribution is 6.33. The van der Waals surface area contributed by atoms with E-state index in [1.165, 1.54) is 28.9 Å². The molecule has 3 aromatic rings. The van der Waals surface area contributed by atoms with E-state index in [1.807, 2.05) is 24.3 Å². The molecule has 0 spiro atoms. The lowest BCUT2D eigenvalue weighted by Crippen LogP contribution is -2.42. The zero-order valence-corrected chi connectivity index (χ0v) is 16.8. The first-order valence-electron chi connectivity index (χ1n) is 9.94. The number of aromatic nitrogens is 2. The summed E-state index contributed by atoms with van der Waals surface area (Å²) in [5.41, 5.74) is 6.21. The third-order valence-electron chi connectivity index (χ3n) is 6.14. The highest BCUT2D eigenvalue weighted by Crippen LogP contribution is 2.34. The predicted octanol–water partition coefficient (Wildman–Crippen LogP) is 4.65. The molecule has 2 heterocycles. The van der Waals surface area contributed by atoms with Gasteiger partial charge in [0.25, 0.3) is 0 Å². The van der Waals surface area contributed by atoms with Gasteiger partial charge in [-0.25, -0.2) is 4.98 Å². The van der Waals surface area contributed by atoms with Crippen LogP contribution in [0.1, 0.15) is 28.9 Å². The van der Waals surface area contributed by atoms with Crippen LogP contribution < -0.4 is 4.74 Å². The number of hydrogen-bond acceptors (Lipinski definition) is 3. The van der Waals surface area contributed by atoms with E-state index >= 15 is 0 Å². The molecule has 0 amide bonds. The maximum atomic E-state index is 6.37. The van der Waals surface area contributed by atoms with Crippen LogP contribution in [0, 0.1) is 0 Å². The summed E-state index contributed by atoms with van der Waals surface area (Å²) in [7, 11) is 1.77. The summed E-state index contributed by atoms with van der Waals surface area (Å²) >= 11 is 6.37. The van der Waals surface area contributed by atoms with Gasteiger partial charge in [0.2, 0.25) is 0 Å². The largest absolute Gasteiger partial charge is 0.496 e. The first-order chi connectivity index (χ1) is 13.7. The topological polar surface area (TPSA) is 41.1 Å². The highest BCUT2D eigenvalue weighted by Gasteiger charge is 2.30. The van der Waals surface area contributed by atoms with Crippen LogP contribution >= 0.6 is 11.6 Å². The summed E-state index contributed by atoms with van der Waals surface area (Å²) in [5.74, 6) is 1.91. The van der Waals surface area contributed by atoms with Crippen molar-refractivity contribution in [3.8, 4) is 17.1 Å². The van der Waals surface area contributed by atoms with Gasteiger partial charge in [-0.2, -0.15) is 0 Å². The van der Waals surface area contributed by atoms with Crippen LogP contribution in [-0.4, -0.2) is 34.6 Å². The Balaban J connectivity index is 1.37. The number of aromatic amines is 1. The van der Waals surface area contributed by atoms with Gasteiger partial charge in [-0.1, -0.05) is 35.9 Å². The number of halogens is 1. The molecule has 5 rings (SSSR count). The quantitative estimate of drug-likeness (QED) is 0.703. The Morgan fingerprint density at radius 1 is 1.14 bits per heavy atom. The van der Waals surface area contributed by atoms with Gasteiger partial charge >= 0.3 is 0 Å². The van der Waals surface area contributed by atoms with E-state index in [2.05, 4.69) is 28.1 Å². The molecule has 144 valence electrons. The number of rotatable bonds is 3. The summed E-state index contributed by atoms with van der Waals surface area (Å²) in [5, 5.41) is 0.737. The number of benzene rings is 2. The fraction of sp³-hybridized carbons (Fsp3) is 0.348. The third kappa shape index (κ3) is 3.11. The van der Waals surface area contributed by atoms with Crippen molar-refractivity contribution in [1.29, 1.82) is 0 Å². The Morgan fingerprint density at radius 2 is 2.04 bits per heavy atom. The number of nitrogens with zero attached hydrogens (tertiary/aromatic N) is 2. The van der Waals surface area contributed by atoms with Crippen molar-refractivity contribution < 1.29 is 4.74 Å². The van der Waals surface area contributed by atoms with Crippen molar-refractivity contribution in [3.05, 3.63) is 70.0 Å². The third-order valence-corrected chi connectivity index (χ3v) is 6.47. The molecule has 0 bridgehead atoms. The van der Waals surface area contributed by atoms with E-state index in [0.717, 1.165) is 54.5 Å². The van der Waals surface area contributed by atoms with E-state index < -0.39 is 0 Å². The Kier molecular flexibility index (Phi) is 4.61. The molecule has 0 fully saturated rings. The summed E-state index contributed by atoms with van der Waals surface area (Å²) < 4.78 is 5.62. The molecule has 4 nitrogen and oxygen atoms in total. The molecule has 1 aliphatic heterocycles. The number of hydrogen-bond donors (Lipinski definition) is 1. The maximum absolute atomic E-state index is 6.37. The van der Waals surface area contributed by atoms with Crippen molar-refractivity contribution in [1.82, 2.24) is 14.9 Å². The normalized spacial score (nSPS) is 19.1. The van der Waals surface area contributed by atoms with Gasteiger partial charge < -0.3 is 9.72 Å². The van der Waals surface area contributed by atoms with Gasteiger partial charge in [-0.05, 0) is 48.6 Å². The molecule has 1 unspecified atom stereocenters. The van der Waals surface area contributed by atoms with E-state index in [-0.39, 0.29) is 0 Å². The molecular weight excluding hydrogens is 370 g/mol. The van der Waals surface area contributed by atoms with Crippen LogP contribution in [0.25, 0.3) is 11.4 Å². The average molecular weight is 394 g/mol. The lowest BCUT2D eigenvalue weighted by Gasteiger charge is -2.37. The van der Waals surface area contributed by atoms with E-state index in [9.17, 15) is 0 Å². The van der Waals surface area contributed by atoms with Gasteiger partial charge in [0.15, 0.2) is 0 Å². The molecule has 2 aromatic carbocycles. The minimum atomic E-state index is 0.545. The number of imidazole rings is 1. The highest BCUT2D eigenvalue weighted by atomic mass is 35.5. The lowest BCUT2D eigenvalue weighted by molar-refractivity contribution is 0.159. The second-order valence-electron chi connectivity index (χ2n) is 7.71. The van der Waals surface area contributed by atoms with Crippen LogP contribution in [0.4, 0.5) is 0 Å². The lowest BCUT2D eigenvalue weighted by atomic mass is 9.86. The standard InChI is InChI=1S/C23H24ClN3O/c1-28-22-8-4-5-15-9-10-16(13-18(15)22)27-12-11-20-21(14-27)26-23(25-20)17-6-2-3-7-19(17)24/h2-8,16H,9-14H2,1H3,(H,25,26). The molecule has 0 radical (unpaired) electrons. The van der Waals surface area contributed by atoms with Crippen molar-refractivity contribution in [3.63, 3.8) is 0 Å². The molecule has 1 N–H and O–H groups in total. The molecule has 28 heavy (non-hydrogen) atoms. The Bertz CT molecular complexity index is 999. The van der Waals surface area contributed by atoms with Gasteiger partial charge in [0.05, 0.1) is 23.5 Å². The summed E-state index contributed by atoms with van der Waals surface area (Å²) in [6.07, 6.45) is 4.35. The number of ether oxygens (including phenoxy) is 1. The molecule has 0 saturated carbocycles. The maximum Gasteiger partial charge on any atom is 0.139 e. The van der Waals surface area contributed by atoms with Gasteiger partial charge in [0.1, 0.15) is 11.6 Å². The molecule has 1 atom stereocenters. The van der Waals surface area contributed by atoms with Crippen molar-refractivity contribution >= 4 is 11.6 Å². The van der Waals surface area contributed by atoms with Crippen LogP contribution in [0.15, 0.2) is 42.5 Å². The number of fused-ring (bicyclic) bond motifs is 2. The molecular formula is C23H24ClN3O. The zero-order chi connectivity index (χ0) is 19.1. The number of nitrogens with one attached hydrogen (secondary N) is 1. The number of aryl methyl sites for hydroxylation is 1. The second-order valence-corrected chi connectivity index (χ2v) is 8.11.